The summed E-state index contributed by atoms with van der Waals surface area (Å²) in [5.41, 5.74) is 0. The molecular formula is C9H15ClN2O2S. The molecule has 0 saturated heterocycles. The highest BCUT2D eigenvalue weighted by Gasteiger charge is 2.01. The lowest BCUT2D eigenvalue weighted by molar-refractivity contribution is 0.0312. The Labute approximate surface area is 98.6 Å². The number of halogens is 1. The SMILES string of the molecule is CC(C)COCCOCc1nnc(Cl)s1. The van der Waals surface area contributed by atoms with Crippen LogP contribution in [-0.4, -0.2) is 30.0 Å². The minimum absolute atomic E-state index is 0.449. The minimum atomic E-state index is 0.449. The molecule has 4 nitrogen and oxygen atoms in total. The first kappa shape index (κ1) is 12.8. The number of nitrogens with zero attached hydrogens (tertiary/aromatic N) is 2. The lowest BCUT2D eigenvalue weighted by Crippen LogP contribution is -2.08. The van der Waals surface area contributed by atoms with Crippen LogP contribution in [0.15, 0.2) is 0 Å². The molecule has 0 atom stereocenters. The molecular weight excluding hydrogens is 236 g/mol. The summed E-state index contributed by atoms with van der Waals surface area (Å²) in [6.07, 6.45) is 0. The van der Waals surface area contributed by atoms with Crippen molar-refractivity contribution >= 4 is 22.9 Å². The molecule has 1 heterocycles. The molecule has 0 aliphatic carbocycles. The predicted octanol–water partition coefficient (Wildman–Crippen LogP) is 2.38. The van der Waals surface area contributed by atoms with Crippen LogP contribution in [-0.2, 0) is 16.1 Å². The number of aromatic nitrogens is 2. The Balaban J connectivity index is 1.98. The second-order valence-corrected chi connectivity index (χ2v) is 5.11. The van der Waals surface area contributed by atoms with Gasteiger partial charge in [0, 0.05) is 6.61 Å². The Morgan fingerprint density at radius 3 is 2.60 bits per heavy atom. The van der Waals surface area contributed by atoms with Crippen LogP contribution < -0.4 is 0 Å². The Morgan fingerprint density at radius 1 is 1.27 bits per heavy atom. The van der Waals surface area contributed by atoms with Crippen molar-refractivity contribution in [2.24, 2.45) is 5.92 Å². The van der Waals surface area contributed by atoms with Gasteiger partial charge in [0.25, 0.3) is 0 Å². The lowest BCUT2D eigenvalue weighted by atomic mass is 10.2. The van der Waals surface area contributed by atoms with Crippen molar-refractivity contribution in [1.82, 2.24) is 10.2 Å². The number of hydrogen-bond acceptors (Lipinski definition) is 5. The molecule has 0 bridgehead atoms. The van der Waals surface area contributed by atoms with E-state index in [1.54, 1.807) is 0 Å². The van der Waals surface area contributed by atoms with E-state index in [0.717, 1.165) is 11.6 Å². The average Bonchev–Trinajstić information content (AvgIpc) is 2.57. The number of rotatable bonds is 7. The van der Waals surface area contributed by atoms with Gasteiger partial charge in [-0.05, 0) is 17.5 Å². The lowest BCUT2D eigenvalue weighted by Gasteiger charge is -2.06. The van der Waals surface area contributed by atoms with Crippen molar-refractivity contribution in [1.29, 1.82) is 0 Å². The normalized spacial score (nSPS) is 11.2. The van der Waals surface area contributed by atoms with Gasteiger partial charge in [-0.1, -0.05) is 25.2 Å². The molecule has 0 aliphatic heterocycles. The van der Waals surface area contributed by atoms with E-state index in [1.165, 1.54) is 11.3 Å². The van der Waals surface area contributed by atoms with Crippen molar-refractivity contribution in [2.45, 2.75) is 20.5 Å². The summed E-state index contributed by atoms with van der Waals surface area (Å²) in [4.78, 5) is 0. The monoisotopic (exact) mass is 250 g/mol. The zero-order valence-electron chi connectivity index (χ0n) is 8.90. The van der Waals surface area contributed by atoms with E-state index in [0.29, 0.717) is 30.2 Å². The average molecular weight is 251 g/mol. The van der Waals surface area contributed by atoms with E-state index in [-0.39, 0.29) is 0 Å². The molecule has 0 fully saturated rings. The zero-order valence-corrected chi connectivity index (χ0v) is 10.5. The van der Waals surface area contributed by atoms with Crippen LogP contribution in [0.3, 0.4) is 0 Å². The van der Waals surface area contributed by atoms with Gasteiger partial charge in [-0.15, -0.1) is 10.2 Å². The van der Waals surface area contributed by atoms with E-state index < -0.39 is 0 Å². The maximum Gasteiger partial charge on any atom is 0.207 e. The fourth-order valence-corrected chi connectivity index (χ4v) is 1.69. The van der Waals surface area contributed by atoms with E-state index in [9.17, 15) is 0 Å². The van der Waals surface area contributed by atoms with E-state index in [2.05, 4.69) is 24.0 Å². The summed E-state index contributed by atoms with van der Waals surface area (Å²) in [5.74, 6) is 0.562. The molecule has 0 unspecified atom stereocenters. The van der Waals surface area contributed by atoms with Crippen LogP contribution in [0.4, 0.5) is 0 Å². The van der Waals surface area contributed by atoms with Crippen LogP contribution in [0.25, 0.3) is 0 Å². The fraction of sp³-hybridized carbons (Fsp3) is 0.778. The molecule has 0 amide bonds. The molecule has 86 valence electrons. The van der Waals surface area contributed by atoms with Gasteiger partial charge in [-0.2, -0.15) is 0 Å². The maximum absolute atomic E-state index is 5.62. The molecule has 0 radical (unpaired) electrons. The maximum atomic E-state index is 5.62. The van der Waals surface area contributed by atoms with Gasteiger partial charge in [0.1, 0.15) is 11.6 Å². The first-order valence-corrected chi connectivity index (χ1v) is 6.01. The van der Waals surface area contributed by atoms with Gasteiger partial charge in [-0.3, -0.25) is 0 Å². The summed E-state index contributed by atoms with van der Waals surface area (Å²) in [6, 6.07) is 0. The minimum Gasteiger partial charge on any atom is -0.379 e. The topological polar surface area (TPSA) is 44.2 Å². The third kappa shape index (κ3) is 6.04. The summed E-state index contributed by atoms with van der Waals surface area (Å²) in [7, 11) is 0. The zero-order chi connectivity index (χ0) is 11.1. The third-order valence-electron chi connectivity index (χ3n) is 1.49. The first-order chi connectivity index (χ1) is 7.18. The summed E-state index contributed by atoms with van der Waals surface area (Å²) in [6.45, 7) is 6.65. The van der Waals surface area contributed by atoms with Gasteiger partial charge in [0.15, 0.2) is 0 Å². The Kier molecular flexibility index (Phi) is 6.09. The molecule has 1 rings (SSSR count). The van der Waals surface area contributed by atoms with Crippen molar-refractivity contribution in [3.8, 4) is 0 Å². The number of hydrogen-bond donors (Lipinski definition) is 0. The smallest absolute Gasteiger partial charge is 0.207 e. The molecule has 1 aromatic heterocycles. The molecule has 1 aromatic rings. The van der Waals surface area contributed by atoms with Crippen LogP contribution >= 0.6 is 22.9 Å². The summed E-state index contributed by atoms with van der Waals surface area (Å²) >= 11 is 6.96. The third-order valence-corrected chi connectivity index (χ3v) is 2.48. The molecule has 6 heteroatoms. The van der Waals surface area contributed by atoms with Gasteiger partial charge in [-0.25, -0.2) is 0 Å². The van der Waals surface area contributed by atoms with Crippen LogP contribution in [0.2, 0.25) is 4.47 Å². The Hall–Kier alpha value is -0.230. The van der Waals surface area contributed by atoms with Gasteiger partial charge in [0.05, 0.1) is 13.2 Å². The van der Waals surface area contributed by atoms with Crippen LogP contribution in [0.1, 0.15) is 18.9 Å². The summed E-state index contributed by atoms with van der Waals surface area (Å²) in [5, 5.41) is 8.31. The van der Waals surface area contributed by atoms with Crippen LogP contribution in [0.5, 0.6) is 0 Å². The molecule has 0 aromatic carbocycles. The number of ether oxygens (including phenoxy) is 2. The first-order valence-electron chi connectivity index (χ1n) is 4.82. The fourth-order valence-electron chi connectivity index (χ4n) is 0.888. The van der Waals surface area contributed by atoms with Crippen LogP contribution in [0, 0.1) is 5.92 Å². The second-order valence-electron chi connectivity index (χ2n) is 3.47. The second kappa shape index (κ2) is 7.11. The molecule has 15 heavy (non-hydrogen) atoms. The van der Waals surface area contributed by atoms with E-state index in [4.69, 9.17) is 21.1 Å². The highest BCUT2D eigenvalue weighted by Crippen LogP contribution is 2.15. The van der Waals surface area contributed by atoms with Gasteiger partial charge in [0.2, 0.25) is 4.47 Å². The van der Waals surface area contributed by atoms with E-state index >= 15 is 0 Å². The van der Waals surface area contributed by atoms with Crippen molar-refractivity contribution in [3.05, 3.63) is 9.47 Å². The van der Waals surface area contributed by atoms with Crippen molar-refractivity contribution in [2.75, 3.05) is 19.8 Å². The van der Waals surface area contributed by atoms with Crippen molar-refractivity contribution < 1.29 is 9.47 Å². The molecule has 0 N–H and O–H groups in total. The quantitative estimate of drug-likeness (QED) is 0.697. The molecule has 0 spiro atoms. The van der Waals surface area contributed by atoms with Gasteiger partial charge < -0.3 is 9.47 Å². The molecule has 0 aliphatic rings. The standard InChI is InChI=1S/C9H15ClN2O2S/c1-7(2)5-13-3-4-14-6-8-11-12-9(10)15-8/h7H,3-6H2,1-2H3. The van der Waals surface area contributed by atoms with Crippen molar-refractivity contribution in [3.63, 3.8) is 0 Å². The molecule has 0 saturated carbocycles. The summed E-state index contributed by atoms with van der Waals surface area (Å²) < 4.78 is 11.1. The highest BCUT2D eigenvalue weighted by molar-refractivity contribution is 7.15. The Bertz CT molecular complexity index is 281. The highest BCUT2D eigenvalue weighted by atomic mass is 35.5. The predicted molar refractivity (Wildman–Crippen MR) is 60.2 cm³/mol. The van der Waals surface area contributed by atoms with E-state index in [1.807, 2.05) is 0 Å². The Morgan fingerprint density at radius 2 is 2.00 bits per heavy atom. The van der Waals surface area contributed by atoms with Gasteiger partial charge >= 0.3 is 0 Å². The largest absolute Gasteiger partial charge is 0.379 e.